The molecule has 1 amide bonds. The zero-order valence-electron chi connectivity index (χ0n) is 9.98. The van der Waals surface area contributed by atoms with Gasteiger partial charge in [-0.2, -0.15) is 13.2 Å². The first-order chi connectivity index (χ1) is 8.93. The van der Waals surface area contributed by atoms with Crippen molar-refractivity contribution in [1.29, 1.82) is 0 Å². The van der Waals surface area contributed by atoms with Crippen molar-refractivity contribution in [2.45, 2.75) is 12.2 Å². The lowest BCUT2D eigenvalue weighted by molar-refractivity contribution is -0.137. The summed E-state index contributed by atoms with van der Waals surface area (Å²) in [6.45, 7) is 0.202. The van der Waals surface area contributed by atoms with Crippen molar-refractivity contribution < 1.29 is 22.7 Å². The molecule has 0 aromatic heterocycles. The highest BCUT2D eigenvalue weighted by atomic mass is 19.4. The maximum atomic E-state index is 12.7. The summed E-state index contributed by atoms with van der Waals surface area (Å²) in [5.41, 5.74) is 4.92. The third-order valence-electron chi connectivity index (χ3n) is 2.89. The first-order valence-corrected chi connectivity index (χ1v) is 5.70. The van der Waals surface area contributed by atoms with Crippen molar-refractivity contribution in [2.75, 3.05) is 24.7 Å². The van der Waals surface area contributed by atoms with Gasteiger partial charge in [-0.15, -0.1) is 0 Å². The van der Waals surface area contributed by atoms with Gasteiger partial charge in [0.2, 0.25) is 0 Å². The minimum atomic E-state index is -4.44. The van der Waals surface area contributed by atoms with Gasteiger partial charge >= 0.3 is 6.18 Å². The van der Waals surface area contributed by atoms with E-state index in [1.165, 1.54) is 17.0 Å². The molecule has 2 rings (SSSR count). The Balaban J connectivity index is 2.36. The number of amides is 1. The van der Waals surface area contributed by atoms with Crippen LogP contribution in [0.5, 0.6) is 0 Å². The van der Waals surface area contributed by atoms with Crippen molar-refractivity contribution in [3.05, 3.63) is 29.8 Å². The number of rotatable bonds is 2. The van der Waals surface area contributed by atoms with Crippen LogP contribution in [0.1, 0.15) is 5.56 Å². The number of nitrogens with zero attached hydrogens (tertiary/aromatic N) is 1. The monoisotopic (exact) mass is 274 g/mol. The van der Waals surface area contributed by atoms with Crippen LogP contribution < -0.4 is 10.6 Å². The highest BCUT2D eigenvalue weighted by molar-refractivity contribution is 5.95. The Morgan fingerprint density at radius 1 is 1.42 bits per heavy atom. The number of ether oxygens (including phenoxy) is 1. The predicted octanol–water partition coefficient (Wildman–Crippen LogP) is 1.40. The van der Waals surface area contributed by atoms with Gasteiger partial charge in [-0.3, -0.25) is 4.79 Å². The average Bonchev–Trinajstić information content (AvgIpc) is 2.37. The standard InChI is InChI=1S/C12H13F3N2O2/c13-12(14,15)8-2-1-3-9(4-8)17-10(5-16)6-19-7-11(17)18/h1-4,10H,5-7,16H2. The molecular formula is C12H13F3N2O2. The SMILES string of the molecule is NCC1COCC(=O)N1c1cccc(C(F)(F)F)c1. The number of nitrogens with two attached hydrogens (primary N) is 1. The molecule has 19 heavy (non-hydrogen) atoms. The van der Waals surface area contributed by atoms with Crippen molar-refractivity contribution in [1.82, 2.24) is 0 Å². The summed E-state index contributed by atoms with van der Waals surface area (Å²) < 4.78 is 43.0. The number of carbonyl (C=O) groups excluding carboxylic acids is 1. The Morgan fingerprint density at radius 3 is 2.79 bits per heavy atom. The third kappa shape index (κ3) is 2.87. The fourth-order valence-corrected chi connectivity index (χ4v) is 1.99. The first-order valence-electron chi connectivity index (χ1n) is 5.70. The summed E-state index contributed by atoms with van der Waals surface area (Å²) in [7, 11) is 0. The molecular weight excluding hydrogens is 261 g/mol. The smallest absolute Gasteiger partial charge is 0.369 e. The van der Waals surface area contributed by atoms with Crippen LogP contribution >= 0.6 is 0 Å². The summed E-state index contributed by atoms with van der Waals surface area (Å²) in [4.78, 5) is 13.1. The van der Waals surface area contributed by atoms with E-state index < -0.39 is 17.8 Å². The van der Waals surface area contributed by atoms with E-state index in [1.54, 1.807) is 0 Å². The first kappa shape index (κ1) is 13.8. The van der Waals surface area contributed by atoms with Crippen LogP contribution in [0.2, 0.25) is 0 Å². The molecule has 0 saturated carbocycles. The van der Waals surface area contributed by atoms with E-state index in [9.17, 15) is 18.0 Å². The molecule has 0 spiro atoms. The largest absolute Gasteiger partial charge is 0.416 e. The van der Waals surface area contributed by atoms with E-state index in [4.69, 9.17) is 10.5 Å². The molecule has 1 aliphatic heterocycles. The fraction of sp³-hybridized carbons (Fsp3) is 0.417. The molecule has 1 heterocycles. The highest BCUT2D eigenvalue weighted by Crippen LogP contribution is 2.32. The molecule has 0 bridgehead atoms. The van der Waals surface area contributed by atoms with Crippen molar-refractivity contribution in [2.24, 2.45) is 5.73 Å². The van der Waals surface area contributed by atoms with Crippen molar-refractivity contribution >= 4 is 11.6 Å². The van der Waals surface area contributed by atoms with E-state index in [-0.39, 0.29) is 31.4 Å². The molecule has 1 unspecified atom stereocenters. The molecule has 104 valence electrons. The molecule has 1 atom stereocenters. The van der Waals surface area contributed by atoms with Crippen LogP contribution in [0.3, 0.4) is 0 Å². The number of hydrogen-bond donors (Lipinski definition) is 1. The van der Waals surface area contributed by atoms with E-state index >= 15 is 0 Å². The van der Waals surface area contributed by atoms with Crippen molar-refractivity contribution in [3.8, 4) is 0 Å². The molecule has 7 heteroatoms. The Labute approximate surface area is 107 Å². The zero-order valence-corrected chi connectivity index (χ0v) is 9.98. The summed E-state index contributed by atoms with van der Waals surface area (Å²) >= 11 is 0. The number of hydrogen-bond acceptors (Lipinski definition) is 3. The molecule has 1 aromatic rings. The molecule has 1 fully saturated rings. The molecule has 0 aliphatic carbocycles. The van der Waals surface area contributed by atoms with Crippen molar-refractivity contribution in [3.63, 3.8) is 0 Å². The van der Waals surface area contributed by atoms with E-state index in [1.807, 2.05) is 0 Å². The normalized spacial score (nSPS) is 20.7. The van der Waals surface area contributed by atoms with E-state index in [0.29, 0.717) is 0 Å². The van der Waals surface area contributed by atoms with Gasteiger partial charge in [0, 0.05) is 12.2 Å². The topological polar surface area (TPSA) is 55.6 Å². The maximum absolute atomic E-state index is 12.7. The summed E-state index contributed by atoms with van der Waals surface area (Å²) in [6.07, 6.45) is -4.44. The van der Waals surface area contributed by atoms with Gasteiger partial charge in [0.15, 0.2) is 0 Å². The highest BCUT2D eigenvalue weighted by Gasteiger charge is 2.33. The number of morpholine rings is 1. The Hall–Kier alpha value is -1.60. The number of carbonyl (C=O) groups is 1. The average molecular weight is 274 g/mol. The number of anilines is 1. The van der Waals surface area contributed by atoms with Crippen LogP contribution in [0.4, 0.5) is 18.9 Å². The molecule has 1 aromatic carbocycles. The summed E-state index contributed by atoms with van der Waals surface area (Å²) in [6, 6.07) is 4.21. The maximum Gasteiger partial charge on any atom is 0.416 e. The zero-order chi connectivity index (χ0) is 14.0. The summed E-state index contributed by atoms with van der Waals surface area (Å²) in [5.74, 6) is -0.388. The van der Waals surface area contributed by atoms with Gasteiger partial charge < -0.3 is 15.4 Å². The van der Waals surface area contributed by atoms with Crippen LogP contribution in [0, 0.1) is 0 Å². The second-order valence-electron chi connectivity index (χ2n) is 4.22. The fourth-order valence-electron chi connectivity index (χ4n) is 1.99. The van der Waals surface area contributed by atoms with Gasteiger partial charge in [0.1, 0.15) is 6.61 Å². The third-order valence-corrected chi connectivity index (χ3v) is 2.89. The molecule has 4 nitrogen and oxygen atoms in total. The Kier molecular flexibility index (Phi) is 3.77. The quantitative estimate of drug-likeness (QED) is 0.886. The number of halogens is 3. The molecule has 1 saturated heterocycles. The molecule has 0 radical (unpaired) electrons. The molecule has 2 N–H and O–H groups in total. The predicted molar refractivity (Wildman–Crippen MR) is 62.6 cm³/mol. The van der Waals surface area contributed by atoms with E-state index in [0.717, 1.165) is 12.1 Å². The van der Waals surface area contributed by atoms with Crippen LogP contribution in [0.25, 0.3) is 0 Å². The minimum absolute atomic E-state index is 0.127. The lowest BCUT2D eigenvalue weighted by Gasteiger charge is -2.35. The van der Waals surface area contributed by atoms with Gasteiger partial charge in [-0.05, 0) is 18.2 Å². The number of alkyl halides is 3. The molecule has 1 aliphatic rings. The lowest BCUT2D eigenvalue weighted by atomic mass is 10.1. The Morgan fingerprint density at radius 2 is 2.16 bits per heavy atom. The second kappa shape index (κ2) is 5.18. The minimum Gasteiger partial charge on any atom is -0.369 e. The van der Waals surface area contributed by atoms with Gasteiger partial charge in [0.25, 0.3) is 5.91 Å². The van der Waals surface area contributed by atoms with Crippen LogP contribution in [-0.2, 0) is 15.7 Å². The van der Waals surface area contributed by atoms with E-state index in [2.05, 4.69) is 0 Å². The van der Waals surface area contributed by atoms with Gasteiger partial charge in [0.05, 0.1) is 18.2 Å². The van der Waals surface area contributed by atoms with Gasteiger partial charge in [-0.1, -0.05) is 6.07 Å². The summed E-state index contributed by atoms with van der Waals surface area (Å²) in [5, 5.41) is 0. The van der Waals surface area contributed by atoms with Crippen LogP contribution in [0.15, 0.2) is 24.3 Å². The second-order valence-corrected chi connectivity index (χ2v) is 4.22. The Bertz CT molecular complexity index is 476. The lowest BCUT2D eigenvalue weighted by Crippen LogP contribution is -2.53. The van der Waals surface area contributed by atoms with Crippen LogP contribution in [-0.4, -0.2) is 31.7 Å². The van der Waals surface area contributed by atoms with Gasteiger partial charge in [-0.25, -0.2) is 0 Å². The number of benzene rings is 1.